The van der Waals surface area contributed by atoms with Crippen molar-refractivity contribution in [3.63, 3.8) is 0 Å². The Morgan fingerprint density at radius 3 is 2.53 bits per heavy atom. The van der Waals surface area contributed by atoms with Crippen molar-refractivity contribution >= 4 is 17.5 Å². The van der Waals surface area contributed by atoms with Gasteiger partial charge in [-0.05, 0) is 31.0 Å². The maximum absolute atomic E-state index is 11.8. The zero-order valence-corrected chi connectivity index (χ0v) is 10.8. The molecule has 0 aliphatic carbocycles. The van der Waals surface area contributed by atoms with Gasteiger partial charge in [-0.2, -0.15) is 0 Å². The van der Waals surface area contributed by atoms with Crippen molar-refractivity contribution in [2.24, 2.45) is 0 Å². The molecule has 0 heterocycles. The molecular weight excluding hydrogens is 234 g/mol. The lowest BCUT2D eigenvalue weighted by atomic mass is 9.99. The smallest absolute Gasteiger partial charge is 0.225 e. The summed E-state index contributed by atoms with van der Waals surface area (Å²) in [7, 11) is 0. The molecule has 0 unspecified atom stereocenters. The molecule has 1 rings (SSSR count). The Hall–Kier alpha value is -1.46. The summed E-state index contributed by atoms with van der Waals surface area (Å²) in [5.74, 6) is 2.53. The highest BCUT2D eigenvalue weighted by atomic mass is 35.5. The molecule has 1 aromatic carbocycles. The SMILES string of the molecule is C#C[C@](C)(CC)NC(=O)Cc1ccc(Cl)cc1. The van der Waals surface area contributed by atoms with Crippen molar-refractivity contribution in [3.05, 3.63) is 34.9 Å². The van der Waals surface area contributed by atoms with Gasteiger partial charge >= 0.3 is 0 Å². The summed E-state index contributed by atoms with van der Waals surface area (Å²) in [5.41, 5.74) is 0.353. The van der Waals surface area contributed by atoms with Crippen molar-refractivity contribution in [1.82, 2.24) is 5.32 Å². The molecule has 0 saturated heterocycles. The Labute approximate surface area is 107 Å². The van der Waals surface area contributed by atoms with Gasteiger partial charge in [0.1, 0.15) is 0 Å². The minimum Gasteiger partial charge on any atom is -0.340 e. The van der Waals surface area contributed by atoms with Crippen molar-refractivity contribution < 1.29 is 4.79 Å². The van der Waals surface area contributed by atoms with E-state index < -0.39 is 5.54 Å². The van der Waals surface area contributed by atoms with Gasteiger partial charge in [-0.3, -0.25) is 4.79 Å². The number of amides is 1. The van der Waals surface area contributed by atoms with Crippen molar-refractivity contribution in [1.29, 1.82) is 0 Å². The first-order valence-electron chi connectivity index (χ1n) is 5.52. The molecule has 0 saturated carbocycles. The molecule has 2 nitrogen and oxygen atoms in total. The predicted molar refractivity (Wildman–Crippen MR) is 70.8 cm³/mol. The van der Waals surface area contributed by atoms with Crippen LogP contribution in [0.5, 0.6) is 0 Å². The second kappa shape index (κ2) is 5.75. The van der Waals surface area contributed by atoms with Crippen LogP contribution in [0.2, 0.25) is 5.02 Å². The van der Waals surface area contributed by atoms with Crippen LogP contribution in [-0.4, -0.2) is 11.4 Å². The molecule has 1 N–H and O–H groups in total. The van der Waals surface area contributed by atoms with Gasteiger partial charge in [0.15, 0.2) is 0 Å². The second-order valence-electron chi connectivity index (χ2n) is 4.18. The van der Waals surface area contributed by atoms with E-state index in [1.54, 1.807) is 12.1 Å². The topological polar surface area (TPSA) is 29.1 Å². The molecule has 0 fully saturated rings. The molecule has 1 amide bonds. The first-order valence-corrected chi connectivity index (χ1v) is 5.90. The van der Waals surface area contributed by atoms with Crippen LogP contribution in [-0.2, 0) is 11.2 Å². The summed E-state index contributed by atoms with van der Waals surface area (Å²) in [6.45, 7) is 3.79. The summed E-state index contributed by atoms with van der Waals surface area (Å²) in [4.78, 5) is 11.8. The highest BCUT2D eigenvalue weighted by molar-refractivity contribution is 6.30. The summed E-state index contributed by atoms with van der Waals surface area (Å²) >= 11 is 5.77. The van der Waals surface area contributed by atoms with Gasteiger partial charge in [-0.1, -0.05) is 36.6 Å². The standard InChI is InChI=1S/C14H16ClNO/c1-4-14(3,5-2)16-13(17)10-11-6-8-12(15)9-7-11/h1,6-9H,5,10H2,2-3H3,(H,16,17)/t14-/m1/s1. The molecule has 1 atom stereocenters. The number of carbonyl (C=O) groups is 1. The fourth-order valence-electron chi connectivity index (χ4n) is 1.37. The Morgan fingerprint density at radius 1 is 1.47 bits per heavy atom. The average molecular weight is 250 g/mol. The number of rotatable bonds is 4. The number of hydrogen-bond acceptors (Lipinski definition) is 1. The van der Waals surface area contributed by atoms with Crippen LogP contribution in [0.1, 0.15) is 25.8 Å². The predicted octanol–water partition coefficient (Wildman–Crippen LogP) is 2.80. The first kappa shape index (κ1) is 13.6. The summed E-state index contributed by atoms with van der Waals surface area (Å²) < 4.78 is 0. The maximum Gasteiger partial charge on any atom is 0.225 e. The van der Waals surface area contributed by atoms with E-state index in [2.05, 4.69) is 11.2 Å². The molecule has 0 aliphatic heterocycles. The van der Waals surface area contributed by atoms with E-state index in [1.807, 2.05) is 26.0 Å². The third-order valence-corrected chi connectivity index (χ3v) is 2.97. The van der Waals surface area contributed by atoms with E-state index in [0.717, 1.165) is 5.56 Å². The molecule has 0 bridgehead atoms. The molecule has 90 valence electrons. The lowest BCUT2D eigenvalue weighted by molar-refractivity contribution is -0.121. The zero-order valence-electron chi connectivity index (χ0n) is 10.1. The normalized spacial score (nSPS) is 13.5. The van der Waals surface area contributed by atoms with Gasteiger partial charge in [0, 0.05) is 5.02 Å². The highest BCUT2D eigenvalue weighted by Gasteiger charge is 2.20. The van der Waals surface area contributed by atoms with Crippen LogP contribution >= 0.6 is 11.6 Å². The third kappa shape index (κ3) is 4.13. The number of halogens is 1. The van der Waals surface area contributed by atoms with E-state index in [9.17, 15) is 4.79 Å². The van der Waals surface area contributed by atoms with Crippen molar-refractivity contribution in [2.45, 2.75) is 32.2 Å². The Kier molecular flexibility index (Phi) is 4.60. The number of benzene rings is 1. The zero-order chi connectivity index (χ0) is 12.9. The molecule has 17 heavy (non-hydrogen) atoms. The van der Waals surface area contributed by atoms with Crippen LogP contribution in [0, 0.1) is 12.3 Å². The lowest BCUT2D eigenvalue weighted by Crippen LogP contribution is -2.44. The van der Waals surface area contributed by atoms with Gasteiger partial charge in [-0.25, -0.2) is 0 Å². The van der Waals surface area contributed by atoms with Gasteiger partial charge < -0.3 is 5.32 Å². The third-order valence-electron chi connectivity index (χ3n) is 2.72. The molecule has 0 aliphatic rings. The Bertz CT molecular complexity index is 433. The maximum atomic E-state index is 11.8. The Morgan fingerprint density at radius 2 is 2.06 bits per heavy atom. The molecule has 3 heteroatoms. The summed E-state index contributed by atoms with van der Waals surface area (Å²) in [5, 5.41) is 3.51. The van der Waals surface area contributed by atoms with E-state index in [-0.39, 0.29) is 5.91 Å². The molecule has 0 spiro atoms. The monoisotopic (exact) mass is 249 g/mol. The minimum atomic E-state index is -0.566. The van der Waals surface area contributed by atoms with E-state index in [4.69, 9.17) is 18.0 Å². The average Bonchev–Trinajstić information content (AvgIpc) is 2.32. The fraction of sp³-hybridized carbons (Fsp3) is 0.357. The minimum absolute atomic E-state index is 0.0744. The molecule has 1 aromatic rings. The lowest BCUT2D eigenvalue weighted by Gasteiger charge is -2.23. The molecule has 0 aromatic heterocycles. The van der Waals surface area contributed by atoms with Gasteiger partial charge in [0.05, 0.1) is 12.0 Å². The van der Waals surface area contributed by atoms with Crippen LogP contribution in [0.3, 0.4) is 0 Å². The van der Waals surface area contributed by atoms with Crippen LogP contribution in [0.25, 0.3) is 0 Å². The number of terminal acetylenes is 1. The van der Waals surface area contributed by atoms with Crippen LogP contribution in [0.4, 0.5) is 0 Å². The summed E-state index contributed by atoms with van der Waals surface area (Å²) in [6.07, 6.45) is 6.42. The highest BCUT2D eigenvalue weighted by Crippen LogP contribution is 2.11. The van der Waals surface area contributed by atoms with Crippen LogP contribution < -0.4 is 5.32 Å². The van der Waals surface area contributed by atoms with Gasteiger partial charge in [0.2, 0.25) is 5.91 Å². The first-order chi connectivity index (χ1) is 7.99. The molecular formula is C14H16ClNO. The molecule has 0 radical (unpaired) electrons. The Balaban J connectivity index is 2.62. The quantitative estimate of drug-likeness (QED) is 0.817. The van der Waals surface area contributed by atoms with Gasteiger partial charge in [0.25, 0.3) is 0 Å². The number of carbonyl (C=O) groups excluding carboxylic acids is 1. The summed E-state index contributed by atoms with van der Waals surface area (Å²) in [6, 6.07) is 7.21. The van der Waals surface area contributed by atoms with Gasteiger partial charge in [-0.15, -0.1) is 6.42 Å². The van der Waals surface area contributed by atoms with E-state index >= 15 is 0 Å². The fourth-order valence-corrected chi connectivity index (χ4v) is 1.49. The van der Waals surface area contributed by atoms with Crippen molar-refractivity contribution in [3.8, 4) is 12.3 Å². The van der Waals surface area contributed by atoms with Crippen LogP contribution in [0.15, 0.2) is 24.3 Å². The number of nitrogens with one attached hydrogen (secondary N) is 1. The number of hydrogen-bond donors (Lipinski definition) is 1. The van der Waals surface area contributed by atoms with E-state index in [0.29, 0.717) is 17.9 Å². The largest absolute Gasteiger partial charge is 0.340 e. The van der Waals surface area contributed by atoms with E-state index in [1.165, 1.54) is 0 Å². The van der Waals surface area contributed by atoms with Crippen molar-refractivity contribution in [2.75, 3.05) is 0 Å². The second-order valence-corrected chi connectivity index (χ2v) is 4.62.